The number of rotatable bonds is 4. The molecule has 0 unspecified atom stereocenters. The van der Waals surface area contributed by atoms with Crippen molar-refractivity contribution in [1.82, 2.24) is 5.32 Å². The third kappa shape index (κ3) is 3.03. The molecule has 12 heavy (non-hydrogen) atoms. The fourth-order valence-electron chi connectivity index (χ4n) is 0.860. The van der Waals surface area contributed by atoms with Crippen molar-refractivity contribution in [1.29, 1.82) is 0 Å². The molecule has 0 heterocycles. The van der Waals surface area contributed by atoms with Gasteiger partial charge in [-0.05, 0) is 17.7 Å². The summed E-state index contributed by atoms with van der Waals surface area (Å²) >= 11 is 5.69. The van der Waals surface area contributed by atoms with E-state index in [0.717, 1.165) is 10.6 Å². The van der Waals surface area contributed by atoms with Crippen LogP contribution in [0.15, 0.2) is 24.3 Å². The number of hydrogen-bond acceptors (Lipinski definition) is 2. The Labute approximate surface area is 76.5 Å². The first-order chi connectivity index (χ1) is 5.83. The van der Waals surface area contributed by atoms with Crippen LogP contribution in [0.3, 0.4) is 0 Å². The summed E-state index contributed by atoms with van der Waals surface area (Å²) < 4.78 is 0. The van der Waals surface area contributed by atoms with Gasteiger partial charge in [0.2, 0.25) is 6.29 Å². The zero-order valence-electron chi connectivity index (χ0n) is 6.51. The summed E-state index contributed by atoms with van der Waals surface area (Å²) in [5, 5.41) is 3.63. The summed E-state index contributed by atoms with van der Waals surface area (Å²) in [6, 6.07) is 7.48. The Balaban J connectivity index is 2.42. The Hall–Kier alpha value is -0.860. The second-order valence-electron chi connectivity index (χ2n) is 2.37. The Morgan fingerprint density at radius 2 is 2.00 bits per heavy atom. The molecular formula is C9H9ClNO. The van der Waals surface area contributed by atoms with Gasteiger partial charge >= 0.3 is 0 Å². The molecule has 2 nitrogen and oxygen atoms in total. The molecule has 1 aromatic rings. The number of carbonyl (C=O) groups excluding carboxylic acids is 1. The van der Waals surface area contributed by atoms with E-state index in [1.54, 1.807) is 6.29 Å². The zero-order chi connectivity index (χ0) is 8.81. The minimum absolute atomic E-state index is 0.266. The fourth-order valence-corrected chi connectivity index (χ4v) is 0.986. The van der Waals surface area contributed by atoms with Crippen molar-refractivity contribution in [3.8, 4) is 0 Å². The maximum absolute atomic E-state index is 9.84. The van der Waals surface area contributed by atoms with Crippen LogP contribution in [0.5, 0.6) is 0 Å². The van der Waals surface area contributed by atoms with E-state index < -0.39 is 0 Å². The van der Waals surface area contributed by atoms with Crippen LogP contribution in [0.4, 0.5) is 0 Å². The molecule has 63 valence electrons. The summed E-state index contributed by atoms with van der Waals surface area (Å²) in [6.07, 6.45) is 1.76. The smallest absolute Gasteiger partial charge is 0.213 e. The lowest BCUT2D eigenvalue weighted by Crippen LogP contribution is -2.15. The lowest BCUT2D eigenvalue weighted by molar-refractivity contribution is 0.548. The second-order valence-corrected chi connectivity index (χ2v) is 2.81. The Bertz CT molecular complexity index is 245. The van der Waals surface area contributed by atoms with E-state index in [1.165, 1.54) is 0 Å². The molecule has 1 radical (unpaired) electrons. The molecule has 0 aromatic heterocycles. The van der Waals surface area contributed by atoms with Gasteiger partial charge in [-0.1, -0.05) is 23.7 Å². The van der Waals surface area contributed by atoms with Crippen LogP contribution in [-0.2, 0) is 11.3 Å². The third-order valence-corrected chi connectivity index (χ3v) is 1.69. The normalized spacial score (nSPS) is 9.75. The second kappa shape index (κ2) is 4.91. The Morgan fingerprint density at radius 3 is 2.58 bits per heavy atom. The minimum Gasteiger partial charge on any atom is -0.305 e. The molecule has 0 saturated carbocycles. The molecule has 0 atom stereocenters. The van der Waals surface area contributed by atoms with Crippen molar-refractivity contribution >= 4 is 17.9 Å². The molecule has 1 N–H and O–H groups in total. The van der Waals surface area contributed by atoms with E-state index in [1.807, 2.05) is 24.3 Å². The van der Waals surface area contributed by atoms with Crippen LogP contribution in [0.1, 0.15) is 5.56 Å². The van der Waals surface area contributed by atoms with E-state index in [0.29, 0.717) is 6.54 Å². The van der Waals surface area contributed by atoms with E-state index in [9.17, 15) is 4.79 Å². The van der Waals surface area contributed by atoms with Gasteiger partial charge < -0.3 is 5.32 Å². The van der Waals surface area contributed by atoms with Gasteiger partial charge in [-0.15, -0.1) is 0 Å². The van der Waals surface area contributed by atoms with Crippen LogP contribution < -0.4 is 5.32 Å². The summed E-state index contributed by atoms with van der Waals surface area (Å²) in [6.45, 7) is 0.940. The highest BCUT2D eigenvalue weighted by atomic mass is 35.5. The number of hydrogen-bond donors (Lipinski definition) is 1. The third-order valence-electron chi connectivity index (χ3n) is 1.44. The molecular weight excluding hydrogens is 174 g/mol. The molecule has 0 amide bonds. The van der Waals surface area contributed by atoms with Crippen LogP contribution in [0.2, 0.25) is 5.02 Å². The zero-order valence-corrected chi connectivity index (χ0v) is 7.27. The van der Waals surface area contributed by atoms with Gasteiger partial charge in [0.05, 0.1) is 6.54 Å². The van der Waals surface area contributed by atoms with Crippen LogP contribution in [-0.4, -0.2) is 12.8 Å². The van der Waals surface area contributed by atoms with Gasteiger partial charge in [0.1, 0.15) is 0 Å². The van der Waals surface area contributed by atoms with E-state index in [4.69, 9.17) is 11.6 Å². The molecule has 0 saturated heterocycles. The molecule has 0 fully saturated rings. The molecule has 0 spiro atoms. The topological polar surface area (TPSA) is 29.1 Å². The van der Waals surface area contributed by atoms with Gasteiger partial charge in [0, 0.05) is 11.6 Å². The fraction of sp³-hybridized carbons (Fsp3) is 0.222. The Kier molecular flexibility index (Phi) is 3.77. The highest BCUT2D eigenvalue weighted by Crippen LogP contribution is 2.08. The predicted molar refractivity (Wildman–Crippen MR) is 48.9 cm³/mol. The van der Waals surface area contributed by atoms with Crippen molar-refractivity contribution in [2.75, 3.05) is 6.54 Å². The summed E-state index contributed by atoms with van der Waals surface area (Å²) in [5.41, 5.74) is 1.11. The Morgan fingerprint density at radius 1 is 1.33 bits per heavy atom. The van der Waals surface area contributed by atoms with E-state index >= 15 is 0 Å². The minimum atomic E-state index is 0.266. The van der Waals surface area contributed by atoms with Crippen molar-refractivity contribution in [3.05, 3.63) is 34.9 Å². The van der Waals surface area contributed by atoms with Crippen LogP contribution in [0, 0.1) is 0 Å². The van der Waals surface area contributed by atoms with Gasteiger partial charge in [-0.3, -0.25) is 4.79 Å². The summed E-state index contributed by atoms with van der Waals surface area (Å²) in [5.74, 6) is 0. The molecule has 1 aromatic carbocycles. The standard InChI is InChI=1S/C9H9ClNO/c10-9-3-1-8(2-4-9)7-11-5-6-12/h1-4,11H,5,7H2. The molecule has 0 aliphatic carbocycles. The first-order valence-corrected chi connectivity index (χ1v) is 4.01. The van der Waals surface area contributed by atoms with E-state index in [2.05, 4.69) is 5.32 Å². The van der Waals surface area contributed by atoms with E-state index in [-0.39, 0.29) is 6.54 Å². The molecule has 3 heteroatoms. The van der Waals surface area contributed by atoms with Gasteiger partial charge in [-0.2, -0.15) is 0 Å². The van der Waals surface area contributed by atoms with Crippen molar-refractivity contribution in [2.45, 2.75) is 6.54 Å². The number of benzene rings is 1. The van der Waals surface area contributed by atoms with Gasteiger partial charge in [0.25, 0.3) is 0 Å². The van der Waals surface area contributed by atoms with Crippen molar-refractivity contribution in [2.24, 2.45) is 0 Å². The number of nitrogens with one attached hydrogen (secondary N) is 1. The largest absolute Gasteiger partial charge is 0.305 e. The monoisotopic (exact) mass is 182 g/mol. The maximum atomic E-state index is 9.84. The van der Waals surface area contributed by atoms with Crippen molar-refractivity contribution in [3.63, 3.8) is 0 Å². The number of halogens is 1. The first kappa shape index (κ1) is 9.23. The molecule has 0 aliphatic heterocycles. The summed E-state index contributed by atoms with van der Waals surface area (Å²) in [4.78, 5) is 9.84. The van der Waals surface area contributed by atoms with Crippen LogP contribution >= 0.6 is 11.6 Å². The molecule has 0 aliphatic rings. The maximum Gasteiger partial charge on any atom is 0.213 e. The SMILES string of the molecule is O=[C]CNCc1ccc(Cl)cc1. The quantitative estimate of drug-likeness (QED) is 0.716. The molecule has 0 bridgehead atoms. The van der Waals surface area contributed by atoms with Crippen LogP contribution in [0.25, 0.3) is 0 Å². The molecule has 1 rings (SSSR count). The summed E-state index contributed by atoms with van der Waals surface area (Å²) in [7, 11) is 0. The lowest BCUT2D eigenvalue weighted by atomic mass is 10.2. The van der Waals surface area contributed by atoms with Crippen molar-refractivity contribution < 1.29 is 4.79 Å². The average Bonchev–Trinajstić information content (AvgIpc) is 2.09. The predicted octanol–water partition coefficient (Wildman–Crippen LogP) is 1.54. The highest BCUT2D eigenvalue weighted by molar-refractivity contribution is 6.30. The van der Waals surface area contributed by atoms with Gasteiger partial charge in [0.15, 0.2) is 0 Å². The van der Waals surface area contributed by atoms with Gasteiger partial charge in [-0.25, -0.2) is 0 Å². The average molecular weight is 183 g/mol. The highest BCUT2D eigenvalue weighted by Gasteiger charge is 1.91. The lowest BCUT2D eigenvalue weighted by Gasteiger charge is -1.99. The first-order valence-electron chi connectivity index (χ1n) is 3.63.